The lowest BCUT2D eigenvalue weighted by Crippen LogP contribution is -2.16. The molecule has 0 atom stereocenters. The Morgan fingerprint density at radius 1 is 1.05 bits per heavy atom. The van der Waals surface area contributed by atoms with E-state index in [9.17, 15) is 4.39 Å². The molecule has 0 heterocycles. The number of nitrogens with two attached hydrogens (primary N) is 1. The molecule has 20 heavy (non-hydrogen) atoms. The van der Waals surface area contributed by atoms with Crippen molar-refractivity contribution in [2.24, 2.45) is 5.73 Å². The molecule has 0 radical (unpaired) electrons. The number of nitrogens with zero attached hydrogens (tertiary/aromatic N) is 1. The van der Waals surface area contributed by atoms with Crippen LogP contribution in [0.1, 0.15) is 23.6 Å². The Hall–Kier alpha value is -1.87. The van der Waals surface area contributed by atoms with Crippen molar-refractivity contribution in [1.29, 1.82) is 0 Å². The molecule has 0 fully saturated rings. The molecule has 0 aliphatic rings. The van der Waals surface area contributed by atoms with Gasteiger partial charge in [0.2, 0.25) is 0 Å². The van der Waals surface area contributed by atoms with Crippen molar-refractivity contribution in [3.05, 3.63) is 65.0 Å². The average Bonchev–Trinajstić information content (AvgIpc) is 2.49. The Labute approximate surface area is 120 Å². The molecule has 0 aromatic heterocycles. The summed E-state index contributed by atoms with van der Waals surface area (Å²) in [6.45, 7) is 3.11. The van der Waals surface area contributed by atoms with E-state index in [1.165, 1.54) is 11.6 Å². The zero-order chi connectivity index (χ0) is 14.5. The highest BCUT2D eigenvalue weighted by atomic mass is 19.1. The first-order chi connectivity index (χ1) is 9.63. The molecule has 2 nitrogen and oxygen atoms in total. The molecule has 0 spiro atoms. The summed E-state index contributed by atoms with van der Waals surface area (Å²) >= 11 is 0. The second-order valence-corrected chi connectivity index (χ2v) is 5.01. The largest absolute Gasteiger partial charge is 0.370 e. The molecule has 2 rings (SSSR count). The van der Waals surface area contributed by atoms with Crippen LogP contribution in [0.5, 0.6) is 0 Å². The first-order valence-corrected chi connectivity index (χ1v) is 6.91. The first-order valence-electron chi connectivity index (χ1n) is 6.91. The van der Waals surface area contributed by atoms with Crippen LogP contribution >= 0.6 is 0 Å². The SMILES string of the molecule is CCc1ccc(N(C)Cc2ccc(F)c(CN)c2)cc1. The lowest BCUT2D eigenvalue weighted by Gasteiger charge is -2.20. The number of hydrogen-bond donors (Lipinski definition) is 1. The first kappa shape index (κ1) is 14.5. The molecule has 0 saturated heterocycles. The molecule has 0 bridgehead atoms. The van der Waals surface area contributed by atoms with Crippen LogP contribution in [0.4, 0.5) is 10.1 Å². The summed E-state index contributed by atoms with van der Waals surface area (Å²) in [6, 6.07) is 13.7. The summed E-state index contributed by atoms with van der Waals surface area (Å²) in [7, 11) is 2.03. The van der Waals surface area contributed by atoms with Gasteiger partial charge in [0.1, 0.15) is 5.82 Å². The number of hydrogen-bond acceptors (Lipinski definition) is 2. The molecule has 3 heteroatoms. The van der Waals surface area contributed by atoms with Crippen molar-refractivity contribution < 1.29 is 4.39 Å². The molecule has 0 aliphatic heterocycles. The topological polar surface area (TPSA) is 29.3 Å². The summed E-state index contributed by atoms with van der Waals surface area (Å²) < 4.78 is 13.4. The van der Waals surface area contributed by atoms with Crippen LogP contribution in [0.25, 0.3) is 0 Å². The Kier molecular flexibility index (Phi) is 4.74. The van der Waals surface area contributed by atoms with Gasteiger partial charge >= 0.3 is 0 Å². The van der Waals surface area contributed by atoms with Gasteiger partial charge in [-0.1, -0.05) is 25.1 Å². The molecule has 0 aliphatic carbocycles. The summed E-state index contributed by atoms with van der Waals surface area (Å²) in [5.41, 5.74) is 9.65. The molecule has 0 saturated carbocycles. The lowest BCUT2D eigenvalue weighted by atomic mass is 10.1. The second kappa shape index (κ2) is 6.53. The minimum atomic E-state index is -0.230. The monoisotopic (exact) mass is 272 g/mol. The molecule has 2 aromatic rings. The Morgan fingerprint density at radius 2 is 1.70 bits per heavy atom. The van der Waals surface area contributed by atoms with E-state index in [-0.39, 0.29) is 12.4 Å². The fourth-order valence-corrected chi connectivity index (χ4v) is 2.23. The molecular formula is C17H21FN2. The number of anilines is 1. The van der Waals surface area contributed by atoms with Gasteiger partial charge in [0.25, 0.3) is 0 Å². The van der Waals surface area contributed by atoms with Crippen LogP contribution in [-0.2, 0) is 19.5 Å². The van der Waals surface area contributed by atoms with Crippen LogP contribution in [0.2, 0.25) is 0 Å². The molecule has 2 N–H and O–H groups in total. The fourth-order valence-electron chi connectivity index (χ4n) is 2.23. The van der Waals surface area contributed by atoms with E-state index in [2.05, 4.69) is 36.1 Å². The van der Waals surface area contributed by atoms with E-state index in [0.717, 1.165) is 24.2 Å². The highest BCUT2D eigenvalue weighted by molar-refractivity contribution is 5.47. The van der Waals surface area contributed by atoms with Crippen LogP contribution < -0.4 is 10.6 Å². The smallest absolute Gasteiger partial charge is 0.127 e. The van der Waals surface area contributed by atoms with Gasteiger partial charge in [-0.2, -0.15) is 0 Å². The third-order valence-electron chi connectivity index (χ3n) is 3.54. The van der Waals surface area contributed by atoms with Gasteiger partial charge in [-0.25, -0.2) is 4.39 Å². The molecular weight excluding hydrogens is 251 g/mol. The predicted octanol–water partition coefficient (Wildman–Crippen LogP) is 3.48. The minimum absolute atomic E-state index is 0.230. The van der Waals surface area contributed by atoms with Crippen molar-refractivity contribution in [1.82, 2.24) is 0 Å². The van der Waals surface area contributed by atoms with Crippen molar-refractivity contribution in [3.8, 4) is 0 Å². The van der Waals surface area contributed by atoms with Gasteiger partial charge in [-0.05, 0) is 41.8 Å². The van der Waals surface area contributed by atoms with Gasteiger partial charge in [-0.15, -0.1) is 0 Å². The van der Waals surface area contributed by atoms with E-state index in [1.807, 2.05) is 19.2 Å². The average molecular weight is 272 g/mol. The molecule has 0 unspecified atom stereocenters. The van der Waals surface area contributed by atoms with Crippen molar-refractivity contribution >= 4 is 5.69 Å². The van der Waals surface area contributed by atoms with Gasteiger partial charge in [0.15, 0.2) is 0 Å². The zero-order valence-electron chi connectivity index (χ0n) is 12.1. The van der Waals surface area contributed by atoms with Crippen LogP contribution in [0.3, 0.4) is 0 Å². The van der Waals surface area contributed by atoms with Crippen LogP contribution in [-0.4, -0.2) is 7.05 Å². The minimum Gasteiger partial charge on any atom is -0.370 e. The van der Waals surface area contributed by atoms with E-state index < -0.39 is 0 Å². The maximum absolute atomic E-state index is 13.4. The van der Waals surface area contributed by atoms with Crippen molar-refractivity contribution in [2.75, 3.05) is 11.9 Å². The van der Waals surface area contributed by atoms with Gasteiger partial charge in [-0.3, -0.25) is 0 Å². The maximum atomic E-state index is 13.4. The van der Waals surface area contributed by atoms with Crippen molar-refractivity contribution in [2.45, 2.75) is 26.4 Å². The summed E-state index contributed by atoms with van der Waals surface area (Å²) in [6.07, 6.45) is 1.04. The number of benzene rings is 2. The highest BCUT2D eigenvalue weighted by Crippen LogP contribution is 2.18. The van der Waals surface area contributed by atoms with E-state index >= 15 is 0 Å². The number of aryl methyl sites for hydroxylation is 1. The van der Waals surface area contributed by atoms with Crippen LogP contribution in [0.15, 0.2) is 42.5 Å². The van der Waals surface area contributed by atoms with Gasteiger partial charge < -0.3 is 10.6 Å². The van der Waals surface area contributed by atoms with E-state index in [0.29, 0.717) is 5.56 Å². The zero-order valence-corrected chi connectivity index (χ0v) is 12.1. The third kappa shape index (κ3) is 3.36. The van der Waals surface area contributed by atoms with Gasteiger partial charge in [0.05, 0.1) is 0 Å². The van der Waals surface area contributed by atoms with E-state index in [1.54, 1.807) is 0 Å². The number of rotatable bonds is 5. The van der Waals surface area contributed by atoms with E-state index in [4.69, 9.17) is 5.73 Å². The normalized spacial score (nSPS) is 10.6. The third-order valence-corrected chi connectivity index (χ3v) is 3.54. The molecule has 106 valence electrons. The summed E-state index contributed by atoms with van der Waals surface area (Å²) in [5.74, 6) is -0.230. The predicted molar refractivity (Wildman–Crippen MR) is 82.2 cm³/mol. The van der Waals surface area contributed by atoms with Crippen molar-refractivity contribution in [3.63, 3.8) is 0 Å². The Balaban J connectivity index is 2.12. The van der Waals surface area contributed by atoms with Crippen LogP contribution in [0, 0.1) is 5.82 Å². The second-order valence-electron chi connectivity index (χ2n) is 5.01. The molecule has 0 amide bonds. The van der Waals surface area contributed by atoms with Gasteiger partial charge in [0, 0.05) is 31.4 Å². The molecule has 2 aromatic carbocycles. The summed E-state index contributed by atoms with van der Waals surface area (Å²) in [4.78, 5) is 2.15. The Bertz CT molecular complexity index is 564. The quantitative estimate of drug-likeness (QED) is 0.903. The lowest BCUT2D eigenvalue weighted by molar-refractivity contribution is 0.609. The highest BCUT2D eigenvalue weighted by Gasteiger charge is 2.05. The standard InChI is InChI=1S/C17H21FN2/c1-3-13-4-7-16(8-5-13)20(2)12-14-6-9-17(18)15(10-14)11-19/h4-10H,3,11-12,19H2,1-2H3. The fraction of sp³-hybridized carbons (Fsp3) is 0.294. The number of halogens is 1. The maximum Gasteiger partial charge on any atom is 0.127 e. The summed E-state index contributed by atoms with van der Waals surface area (Å²) in [5, 5.41) is 0. The Morgan fingerprint density at radius 3 is 2.30 bits per heavy atom.